The van der Waals surface area contributed by atoms with Crippen LogP contribution < -0.4 is 15.2 Å². The minimum absolute atomic E-state index is 0.466. The first-order chi connectivity index (χ1) is 13.9. The maximum atomic E-state index is 12.0. The van der Waals surface area contributed by atoms with Crippen LogP contribution in [0.3, 0.4) is 0 Å². The van der Waals surface area contributed by atoms with Crippen LogP contribution in [0.25, 0.3) is 11.3 Å². The van der Waals surface area contributed by atoms with Gasteiger partial charge in [0.05, 0.1) is 12.8 Å². The van der Waals surface area contributed by atoms with Crippen LogP contribution in [0, 0.1) is 0 Å². The van der Waals surface area contributed by atoms with E-state index in [9.17, 15) is 8.42 Å². The van der Waals surface area contributed by atoms with Gasteiger partial charge in [0.15, 0.2) is 0 Å². The Hall–Kier alpha value is -2.97. The van der Waals surface area contributed by atoms with Crippen molar-refractivity contribution < 1.29 is 13.2 Å². The molecule has 1 aromatic heterocycles. The predicted molar refractivity (Wildman–Crippen MR) is 115 cm³/mol. The Morgan fingerprint density at radius 1 is 1.10 bits per heavy atom. The monoisotopic (exact) mass is 412 g/mol. The van der Waals surface area contributed by atoms with Gasteiger partial charge in [0, 0.05) is 17.3 Å². The van der Waals surface area contributed by atoms with Crippen molar-refractivity contribution in [2.24, 2.45) is 5.14 Å². The van der Waals surface area contributed by atoms with Gasteiger partial charge in [0.1, 0.15) is 23.1 Å². The van der Waals surface area contributed by atoms with E-state index >= 15 is 0 Å². The smallest absolute Gasteiger partial charge is 0.216 e. The normalized spacial score (nSPS) is 12.4. The Morgan fingerprint density at radius 3 is 2.62 bits per heavy atom. The van der Waals surface area contributed by atoms with E-state index in [4.69, 9.17) is 9.88 Å². The van der Waals surface area contributed by atoms with E-state index in [1.165, 1.54) is 6.33 Å². The quantitative estimate of drug-likeness (QED) is 0.578. The lowest BCUT2D eigenvalue weighted by Gasteiger charge is -2.16. The van der Waals surface area contributed by atoms with Gasteiger partial charge in [-0.3, -0.25) is 0 Å². The summed E-state index contributed by atoms with van der Waals surface area (Å²) in [6.45, 7) is 1.93. The standard InChI is InChI=1S/C21H24N4O3S/c1-3-7-20(29(22,26)27)15-8-6-9-16(12-15)25-21-13-18(23-14-24-21)17-10-4-5-11-19(17)28-2/h4-6,8-14,20H,3,7H2,1-2H3,(H2,22,26,27)(H,23,24,25). The zero-order valence-electron chi connectivity index (χ0n) is 16.4. The van der Waals surface area contributed by atoms with Crippen molar-refractivity contribution in [2.45, 2.75) is 25.0 Å². The van der Waals surface area contributed by atoms with Gasteiger partial charge in [-0.2, -0.15) is 0 Å². The van der Waals surface area contributed by atoms with Crippen LogP contribution in [0.1, 0.15) is 30.6 Å². The third-order valence-electron chi connectivity index (χ3n) is 4.53. The molecule has 152 valence electrons. The number of para-hydroxylation sites is 1. The summed E-state index contributed by atoms with van der Waals surface area (Å²) in [7, 11) is -2.07. The molecule has 1 unspecified atom stereocenters. The van der Waals surface area contributed by atoms with Crippen molar-refractivity contribution in [2.75, 3.05) is 12.4 Å². The molecule has 0 aliphatic rings. The van der Waals surface area contributed by atoms with E-state index in [0.29, 0.717) is 29.9 Å². The molecule has 0 bridgehead atoms. The van der Waals surface area contributed by atoms with Gasteiger partial charge < -0.3 is 10.1 Å². The summed E-state index contributed by atoms with van der Waals surface area (Å²) in [5.74, 6) is 1.30. The van der Waals surface area contributed by atoms with Gasteiger partial charge in [-0.05, 0) is 36.2 Å². The van der Waals surface area contributed by atoms with Crippen molar-refractivity contribution >= 4 is 21.5 Å². The van der Waals surface area contributed by atoms with Crippen molar-refractivity contribution in [1.82, 2.24) is 9.97 Å². The number of aromatic nitrogens is 2. The van der Waals surface area contributed by atoms with Crippen LogP contribution in [-0.2, 0) is 10.0 Å². The second-order valence-electron chi connectivity index (χ2n) is 6.61. The number of methoxy groups -OCH3 is 1. The number of hydrogen-bond acceptors (Lipinski definition) is 6. The summed E-state index contributed by atoms with van der Waals surface area (Å²) < 4.78 is 29.4. The highest BCUT2D eigenvalue weighted by Gasteiger charge is 2.22. The number of rotatable bonds is 8. The zero-order chi connectivity index (χ0) is 20.9. The summed E-state index contributed by atoms with van der Waals surface area (Å²) in [6, 6.07) is 16.6. The number of benzene rings is 2. The fourth-order valence-corrected chi connectivity index (χ4v) is 4.27. The first-order valence-electron chi connectivity index (χ1n) is 9.26. The average Bonchev–Trinajstić information content (AvgIpc) is 2.71. The van der Waals surface area contributed by atoms with Crippen LogP contribution in [0.2, 0.25) is 0 Å². The Kier molecular flexibility index (Phi) is 6.46. The number of primary sulfonamides is 1. The molecule has 0 saturated heterocycles. The highest BCUT2D eigenvalue weighted by Crippen LogP contribution is 2.31. The number of nitrogens with one attached hydrogen (secondary N) is 1. The Morgan fingerprint density at radius 2 is 1.90 bits per heavy atom. The SMILES string of the molecule is CCCC(c1cccc(Nc2cc(-c3ccccc3OC)ncn2)c1)S(N)(=O)=O. The Bertz CT molecular complexity index is 1090. The molecule has 29 heavy (non-hydrogen) atoms. The van der Waals surface area contributed by atoms with Crippen molar-refractivity contribution in [1.29, 1.82) is 0 Å². The molecule has 0 aliphatic carbocycles. The van der Waals surface area contributed by atoms with Gasteiger partial charge in [-0.1, -0.05) is 37.6 Å². The van der Waals surface area contributed by atoms with Gasteiger partial charge >= 0.3 is 0 Å². The van der Waals surface area contributed by atoms with Crippen LogP contribution in [-0.4, -0.2) is 25.5 Å². The minimum atomic E-state index is -3.69. The second-order valence-corrected chi connectivity index (χ2v) is 8.35. The third kappa shape index (κ3) is 5.10. The summed E-state index contributed by atoms with van der Waals surface area (Å²) in [5, 5.41) is 7.91. The lowest BCUT2D eigenvalue weighted by Crippen LogP contribution is -2.21. The van der Waals surface area contributed by atoms with Gasteiger partial charge in [-0.15, -0.1) is 0 Å². The fourth-order valence-electron chi connectivity index (χ4n) is 3.18. The highest BCUT2D eigenvalue weighted by molar-refractivity contribution is 7.89. The average molecular weight is 413 g/mol. The van der Waals surface area contributed by atoms with Crippen molar-refractivity contribution in [3.8, 4) is 17.0 Å². The van der Waals surface area contributed by atoms with Gasteiger partial charge in [-0.25, -0.2) is 23.5 Å². The van der Waals surface area contributed by atoms with E-state index in [1.54, 1.807) is 25.3 Å². The molecule has 0 amide bonds. The third-order valence-corrected chi connectivity index (χ3v) is 5.83. The number of sulfonamides is 1. The molecular formula is C21H24N4O3S. The lowest BCUT2D eigenvalue weighted by atomic mass is 10.1. The first kappa shape index (κ1) is 20.8. The molecular weight excluding hydrogens is 388 g/mol. The van der Waals surface area contributed by atoms with Crippen molar-refractivity contribution in [3.63, 3.8) is 0 Å². The first-order valence-corrected chi connectivity index (χ1v) is 10.9. The Labute approximate surface area is 171 Å². The van der Waals surface area contributed by atoms with E-state index in [1.807, 2.05) is 43.3 Å². The van der Waals surface area contributed by atoms with E-state index in [2.05, 4.69) is 15.3 Å². The summed E-state index contributed by atoms with van der Waals surface area (Å²) in [6.07, 6.45) is 2.65. The maximum Gasteiger partial charge on any atom is 0.216 e. The lowest BCUT2D eigenvalue weighted by molar-refractivity contribution is 0.416. The largest absolute Gasteiger partial charge is 0.496 e. The molecule has 0 spiro atoms. The summed E-state index contributed by atoms with van der Waals surface area (Å²) in [5.41, 5.74) is 2.94. The van der Waals surface area contributed by atoms with Gasteiger partial charge in [0.25, 0.3) is 0 Å². The molecule has 3 N–H and O–H groups in total. The van der Waals surface area contributed by atoms with E-state index in [-0.39, 0.29) is 0 Å². The molecule has 0 fully saturated rings. The number of nitrogens with zero attached hydrogens (tertiary/aromatic N) is 2. The number of hydrogen-bond donors (Lipinski definition) is 2. The van der Waals surface area contributed by atoms with Crippen LogP contribution in [0.4, 0.5) is 11.5 Å². The fraction of sp³-hybridized carbons (Fsp3) is 0.238. The molecule has 0 saturated carbocycles. The highest BCUT2D eigenvalue weighted by atomic mass is 32.2. The predicted octanol–water partition coefficient (Wildman–Crippen LogP) is 4.03. The molecule has 7 nitrogen and oxygen atoms in total. The molecule has 2 aromatic carbocycles. The zero-order valence-corrected chi connectivity index (χ0v) is 17.2. The molecule has 0 radical (unpaired) electrons. The minimum Gasteiger partial charge on any atom is -0.496 e. The summed E-state index contributed by atoms with van der Waals surface area (Å²) in [4.78, 5) is 8.60. The maximum absolute atomic E-state index is 12.0. The number of ether oxygens (including phenoxy) is 1. The number of nitrogens with two attached hydrogens (primary N) is 1. The summed E-state index contributed by atoms with van der Waals surface area (Å²) >= 11 is 0. The number of anilines is 2. The van der Waals surface area contributed by atoms with Crippen molar-refractivity contribution in [3.05, 3.63) is 66.5 Å². The van der Waals surface area contributed by atoms with Crippen LogP contribution >= 0.6 is 0 Å². The van der Waals surface area contributed by atoms with Crippen LogP contribution in [0.5, 0.6) is 5.75 Å². The van der Waals surface area contributed by atoms with Gasteiger partial charge in [0.2, 0.25) is 10.0 Å². The molecule has 3 aromatic rings. The molecule has 1 heterocycles. The molecule has 1 atom stereocenters. The molecule has 0 aliphatic heterocycles. The second kappa shape index (κ2) is 9.02. The molecule has 3 rings (SSSR count). The van der Waals surface area contributed by atoms with Crippen LogP contribution in [0.15, 0.2) is 60.9 Å². The Balaban J connectivity index is 1.90. The topological polar surface area (TPSA) is 107 Å². The van der Waals surface area contributed by atoms with E-state index < -0.39 is 15.3 Å². The molecule has 8 heteroatoms. The van der Waals surface area contributed by atoms with E-state index in [0.717, 1.165) is 17.0 Å².